The van der Waals surface area contributed by atoms with Crippen LogP contribution >= 0.6 is 11.8 Å². The first-order chi connectivity index (χ1) is 9.80. The minimum Gasteiger partial charge on any atom is -0.357 e. The van der Waals surface area contributed by atoms with Crippen molar-refractivity contribution in [1.29, 1.82) is 0 Å². The fourth-order valence-electron chi connectivity index (χ4n) is 1.85. The molecule has 0 atom stereocenters. The van der Waals surface area contributed by atoms with Gasteiger partial charge in [-0.1, -0.05) is 0 Å². The summed E-state index contributed by atoms with van der Waals surface area (Å²) in [7, 11) is 1.79. The first kappa shape index (κ1) is 12.7. The SMILES string of the molecule is CNc1nc(Nc2ccc(SC)cc2)c2cn[nH]c2n1. The van der Waals surface area contributed by atoms with E-state index >= 15 is 0 Å². The van der Waals surface area contributed by atoms with E-state index in [0.29, 0.717) is 11.6 Å². The van der Waals surface area contributed by atoms with E-state index in [0.717, 1.165) is 16.9 Å². The maximum atomic E-state index is 4.43. The van der Waals surface area contributed by atoms with Gasteiger partial charge < -0.3 is 10.6 Å². The van der Waals surface area contributed by atoms with Crippen LogP contribution in [0.25, 0.3) is 11.0 Å². The Bertz CT molecular complexity index is 721. The van der Waals surface area contributed by atoms with Gasteiger partial charge in [0.15, 0.2) is 5.65 Å². The predicted molar refractivity (Wildman–Crippen MR) is 82.7 cm³/mol. The molecule has 3 N–H and O–H groups in total. The zero-order valence-corrected chi connectivity index (χ0v) is 12.0. The largest absolute Gasteiger partial charge is 0.357 e. The number of rotatable bonds is 4. The van der Waals surface area contributed by atoms with Crippen molar-refractivity contribution >= 4 is 40.2 Å². The average Bonchev–Trinajstić information content (AvgIpc) is 2.96. The Morgan fingerprint density at radius 3 is 2.65 bits per heavy atom. The lowest BCUT2D eigenvalue weighted by Gasteiger charge is -2.08. The highest BCUT2D eigenvalue weighted by molar-refractivity contribution is 7.98. The van der Waals surface area contributed by atoms with Crippen LogP contribution < -0.4 is 10.6 Å². The van der Waals surface area contributed by atoms with E-state index < -0.39 is 0 Å². The molecule has 20 heavy (non-hydrogen) atoms. The summed E-state index contributed by atoms with van der Waals surface area (Å²) < 4.78 is 0. The van der Waals surface area contributed by atoms with Crippen molar-refractivity contribution in [2.45, 2.75) is 4.90 Å². The number of H-pyrrole nitrogens is 1. The molecule has 0 fully saturated rings. The van der Waals surface area contributed by atoms with Crippen LogP contribution in [0.4, 0.5) is 17.5 Å². The number of benzene rings is 1. The van der Waals surface area contributed by atoms with Crippen molar-refractivity contribution in [2.75, 3.05) is 23.9 Å². The Labute approximate surface area is 120 Å². The van der Waals surface area contributed by atoms with Gasteiger partial charge >= 0.3 is 0 Å². The van der Waals surface area contributed by atoms with Gasteiger partial charge in [-0.3, -0.25) is 5.10 Å². The lowest BCUT2D eigenvalue weighted by atomic mass is 10.3. The molecular formula is C13H14N6S. The zero-order chi connectivity index (χ0) is 13.9. The second-order valence-corrected chi connectivity index (χ2v) is 5.01. The summed E-state index contributed by atoms with van der Waals surface area (Å²) in [5, 5.41) is 14.0. The number of fused-ring (bicyclic) bond motifs is 1. The van der Waals surface area contributed by atoms with Gasteiger partial charge in [0.25, 0.3) is 0 Å². The van der Waals surface area contributed by atoms with E-state index in [1.54, 1.807) is 25.0 Å². The summed E-state index contributed by atoms with van der Waals surface area (Å²) in [6, 6.07) is 8.19. The van der Waals surface area contributed by atoms with Gasteiger partial charge in [-0.2, -0.15) is 15.1 Å². The van der Waals surface area contributed by atoms with Crippen LogP contribution in [0.1, 0.15) is 0 Å². The maximum absolute atomic E-state index is 4.43. The predicted octanol–water partition coefficient (Wildman–Crippen LogP) is 2.86. The van der Waals surface area contributed by atoms with Crippen LogP contribution in [0.3, 0.4) is 0 Å². The molecule has 0 saturated carbocycles. The standard InChI is InChI=1S/C13H14N6S/c1-14-13-17-11(10-7-15-19-12(10)18-13)16-8-3-5-9(20-2)6-4-8/h3-7H,1-2H3,(H3,14,15,16,17,18,19). The number of aromatic amines is 1. The number of nitrogens with one attached hydrogen (secondary N) is 3. The molecule has 0 aliphatic rings. The van der Waals surface area contributed by atoms with Crippen LogP contribution in [0.5, 0.6) is 0 Å². The molecule has 0 aliphatic carbocycles. The Hall–Kier alpha value is -2.28. The van der Waals surface area contributed by atoms with E-state index in [-0.39, 0.29) is 0 Å². The molecule has 2 aromatic heterocycles. The summed E-state index contributed by atoms with van der Waals surface area (Å²) in [5.41, 5.74) is 1.68. The molecule has 3 aromatic rings. The summed E-state index contributed by atoms with van der Waals surface area (Å²) in [5.74, 6) is 1.27. The van der Waals surface area contributed by atoms with Gasteiger partial charge in [0.2, 0.25) is 5.95 Å². The number of hydrogen-bond donors (Lipinski definition) is 3. The topological polar surface area (TPSA) is 78.5 Å². The van der Waals surface area contributed by atoms with Gasteiger partial charge in [0.05, 0.1) is 11.6 Å². The molecule has 102 valence electrons. The molecule has 2 heterocycles. The van der Waals surface area contributed by atoms with Crippen LogP contribution in [0.2, 0.25) is 0 Å². The number of anilines is 3. The quantitative estimate of drug-likeness (QED) is 0.640. The Balaban J connectivity index is 1.98. The summed E-state index contributed by atoms with van der Waals surface area (Å²) in [4.78, 5) is 9.96. The van der Waals surface area contributed by atoms with E-state index in [1.807, 2.05) is 12.1 Å². The first-order valence-corrected chi connectivity index (χ1v) is 7.32. The lowest BCUT2D eigenvalue weighted by molar-refractivity contribution is 1.09. The van der Waals surface area contributed by atoms with Gasteiger partial charge in [-0.15, -0.1) is 11.8 Å². The third-order valence-electron chi connectivity index (χ3n) is 2.89. The molecular weight excluding hydrogens is 272 g/mol. The molecule has 0 unspecified atom stereocenters. The highest BCUT2D eigenvalue weighted by Crippen LogP contribution is 2.25. The maximum Gasteiger partial charge on any atom is 0.226 e. The highest BCUT2D eigenvalue weighted by Gasteiger charge is 2.09. The van der Waals surface area contributed by atoms with Crippen molar-refractivity contribution in [3.8, 4) is 0 Å². The normalized spacial score (nSPS) is 10.7. The molecule has 0 radical (unpaired) electrons. The number of thioether (sulfide) groups is 1. The van der Waals surface area contributed by atoms with E-state index in [4.69, 9.17) is 0 Å². The molecule has 0 spiro atoms. The molecule has 3 rings (SSSR count). The monoisotopic (exact) mass is 286 g/mol. The lowest BCUT2D eigenvalue weighted by Crippen LogP contribution is -2.01. The van der Waals surface area contributed by atoms with Crippen LogP contribution in [0.15, 0.2) is 35.4 Å². The zero-order valence-electron chi connectivity index (χ0n) is 11.1. The fraction of sp³-hybridized carbons (Fsp3) is 0.154. The molecule has 7 heteroatoms. The summed E-state index contributed by atoms with van der Waals surface area (Å²) in [6.07, 6.45) is 3.77. The molecule has 1 aromatic carbocycles. The van der Waals surface area contributed by atoms with Crippen LogP contribution in [-0.2, 0) is 0 Å². The Morgan fingerprint density at radius 1 is 1.15 bits per heavy atom. The van der Waals surface area contributed by atoms with Gasteiger partial charge in [0, 0.05) is 17.6 Å². The fourth-order valence-corrected chi connectivity index (χ4v) is 2.26. The number of aromatic nitrogens is 4. The van der Waals surface area contributed by atoms with Gasteiger partial charge in [0.1, 0.15) is 5.82 Å². The molecule has 6 nitrogen and oxygen atoms in total. The van der Waals surface area contributed by atoms with Crippen molar-refractivity contribution in [3.63, 3.8) is 0 Å². The minimum atomic E-state index is 0.546. The summed E-state index contributed by atoms with van der Waals surface area (Å²) in [6.45, 7) is 0. The Kier molecular flexibility index (Phi) is 3.42. The third kappa shape index (κ3) is 2.39. The molecule has 0 aliphatic heterocycles. The minimum absolute atomic E-state index is 0.546. The van der Waals surface area contributed by atoms with Gasteiger partial charge in [-0.25, -0.2) is 0 Å². The van der Waals surface area contributed by atoms with Crippen LogP contribution in [-0.4, -0.2) is 33.5 Å². The molecule has 0 bridgehead atoms. The second-order valence-electron chi connectivity index (χ2n) is 4.13. The van der Waals surface area contributed by atoms with Crippen molar-refractivity contribution in [2.24, 2.45) is 0 Å². The number of nitrogens with zero attached hydrogens (tertiary/aromatic N) is 3. The smallest absolute Gasteiger partial charge is 0.226 e. The Morgan fingerprint density at radius 2 is 1.95 bits per heavy atom. The van der Waals surface area contributed by atoms with Gasteiger partial charge in [-0.05, 0) is 30.5 Å². The molecule has 0 amide bonds. The second kappa shape index (κ2) is 5.38. The van der Waals surface area contributed by atoms with Crippen molar-refractivity contribution < 1.29 is 0 Å². The van der Waals surface area contributed by atoms with Crippen molar-refractivity contribution in [1.82, 2.24) is 20.2 Å². The van der Waals surface area contributed by atoms with Crippen LogP contribution in [0, 0.1) is 0 Å². The first-order valence-electron chi connectivity index (χ1n) is 6.10. The van der Waals surface area contributed by atoms with E-state index in [9.17, 15) is 0 Å². The van der Waals surface area contributed by atoms with E-state index in [2.05, 4.69) is 49.2 Å². The highest BCUT2D eigenvalue weighted by atomic mass is 32.2. The third-order valence-corrected chi connectivity index (χ3v) is 3.63. The van der Waals surface area contributed by atoms with Crippen molar-refractivity contribution in [3.05, 3.63) is 30.5 Å². The average molecular weight is 286 g/mol. The molecule has 0 saturated heterocycles. The number of hydrogen-bond acceptors (Lipinski definition) is 6. The summed E-state index contributed by atoms with van der Waals surface area (Å²) >= 11 is 1.72. The van der Waals surface area contributed by atoms with E-state index in [1.165, 1.54) is 4.90 Å².